The number of nitrogens with one attached hydrogen (secondary N) is 3. The lowest BCUT2D eigenvalue weighted by Crippen LogP contribution is -2.56. The van der Waals surface area contributed by atoms with Crippen LogP contribution in [0.15, 0.2) is 30.3 Å². The van der Waals surface area contributed by atoms with Crippen molar-refractivity contribution < 1.29 is 24.3 Å². The molecule has 6 N–H and O–H groups in total. The Morgan fingerprint density at radius 2 is 1.50 bits per heavy atom. The molecule has 4 atom stereocenters. The third kappa shape index (κ3) is 7.36. The number of carboxylic acid groups (broad SMARTS) is 1. The molecule has 0 heterocycles. The fourth-order valence-electron chi connectivity index (χ4n) is 2.38. The van der Waals surface area contributed by atoms with Crippen molar-refractivity contribution in [3.8, 4) is 0 Å². The van der Waals surface area contributed by atoms with Gasteiger partial charge < -0.3 is 26.8 Å². The second-order valence-corrected chi connectivity index (χ2v) is 6.58. The Morgan fingerprint density at radius 1 is 0.929 bits per heavy atom. The number of hydrogen-bond donors (Lipinski definition) is 5. The molecule has 154 valence electrons. The standard InChI is InChI=1S/C19H28N4O5/c1-4-14(19(27)28)22-18(26)15(10-13-8-6-5-7-9-13)23-17(25)12(3)21-16(24)11(2)20/h5-9,11-12,14-15H,4,10,20H2,1-3H3,(H,21,24)(H,22,26)(H,23,25)(H,27,28)/t11-,12-,14-,15-/m0/s1. The van der Waals surface area contributed by atoms with Gasteiger partial charge in [0.15, 0.2) is 0 Å². The topological polar surface area (TPSA) is 151 Å². The normalized spacial score (nSPS) is 14.9. The van der Waals surface area contributed by atoms with E-state index in [0.29, 0.717) is 0 Å². The zero-order valence-corrected chi connectivity index (χ0v) is 16.3. The van der Waals surface area contributed by atoms with Gasteiger partial charge in [0.05, 0.1) is 6.04 Å². The van der Waals surface area contributed by atoms with E-state index in [-0.39, 0.29) is 12.8 Å². The Morgan fingerprint density at radius 3 is 2.00 bits per heavy atom. The largest absolute Gasteiger partial charge is 0.480 e. The van der Waals surface area contributed by atoms with Crippen LogP contribution in [0.4, 0.5) is 0 Å². The van der Waals surface area contributed by atoms with Gasteiger partial charge in [0, 0.05) is 6.42 Å². The molecule has 0 saturated heterocycles. The molecule has 9 heteroatoms. The molecular weight excluding hydrogens is 364 g/mol. The van der Waals surface area contributed by atoms with Crippen molar-refractivity contribution in [2.45, 2.75) is 57.8 Å². The van der Waals surface area contributed by atoms with Crippen molar-refractivity contribution in [2.75, 3.05) is 0 Å². The molecule has 0 unspecified atom stereocenters. The maximum absolute atomic E-state index is 12.6. The number of carbonyl (C=O) groups is 4. The zero-order chi connectivity index (χ0) is 21.3. The molecule has 0 aliphatic rings. The second-order valence-electron chi connectivity index (χ2n) is 6.58. The highest BCUT2D eigenvalue weighted by Gasteiger charge is 2.28. The van der Waals surface area contributed by atoms with Crippen LogP contribution in [-0.4, -0.2) is 53.0 Å². The van der Waals surface area contributed by atoms with E-state index in [2.05, 4.69) is 16.0 Å². The molecule has 0 aliphatic heterocycles. The molecule has 0 aliphatic carbocycles. The summed E-state index contributed by atoms with van der Waals surface area (Å²) in [6.45, 7) is 4.59. The molecule has 0 bridgehead atoms. The summed E-state index contributed by atoms with van der Waals surface area (Å²) < 4.78 is 0. The number of carboxylic acids is 1. The maximum atomic E-state index is 12.6. The summed E-state index contributed by atoms with van der Waals surface area (Å²) in [6.07, 6.45) is 0.371. The molecule has 3 amide bonds. The minimum Gasteiger partial charge on any atom is -0.480 e. The Kier molecular flexibility index (Phi) is 9.10. The van der Waals surface area contributed by atoms with Crippen molar-refractivity contribution in [1.29, 1.82) is 0 Å². The first kappa shape index (κ1) is 23.1. The number of amides is 3. The van der Waals surface area contributed by atoms with E-state index in [1.807, 2.05) is 6.07 Å². The van der Waals surface area contributed by atoms with Crippen LogP contribution in [0.2, 0.25) is 0 Å². The number of aliphatic carboxylic acids is 1. The fourth-order valence-corrected chi connectivity index (χ4v) is 2.38. The molecule has 0 fully saturated rings. The summed E-state index contributed by atoms with van der Waals surface area (Å²) in [4.78, 5) is 47.9. The highest BCUT2D eigenvalue weighted by molar-refractivity contribution is 5.93. The minimum atomic E-state index is -1.15. The molecule has 9 nitrogen and oxygen atoms in total. The van der Waals surface area contributed by atoms with Crippen molar-refractivity contribution >= 4 is 23.7 Å². The lowest BCUT2D eigenvalue weighted by Gasteiger charge is -2.23. The minimum absolute atomic E-state index is 0.169. The highest BCUT2D eigenvalue weighted by atomic mass is 16.4. The third-order valence-corrected chi connectivity index (χ3v) is 4.10. The lowest BCUT2D eigenvalue weighted by atomic mass is 10.0. The Labute approximate surface area is 164 Å². The van der Waals surface area contributed by atoms with Crippen molar-refractivity contribution in [1.82, 2.24) is 16.0 Å². The molecule has 0 saturated carbocycles. The van der Waals surface area contributed by atoms with E-state index in [1.54, 1.807) is 31.2 Å². The maximum Gasteiger partial charge on any atom is 0.326 e. The Balaban J connectivity index is 2.90. The van der Waals surface area contributed by atoms with Gasteiger partial charge in [0.25, 0.3) is 0 Å². The Bertz CT molecular complexity index is 693. The predicted molar refractivity (Wildman–Crippen MR) is 103 cm³/mol. The monoisotopic (exact) mass is 392 g/mol. The first-order chi connectivity index (χ1) is 13.1. The van der Waals surface area contributed by atoms with Crippen molar-refractivity contribution in [3.05, 3.63) is 35.9 Å². The average molecular weight is 392 g/mol. The van der Waals surface area contributed by atoms with Crippen LogP contribution in [0.1, 0.15) is 32.8 Å². The first-order valence-corrected chi connectivity index (χ1v) is 9.09. The summed E-state index contributed by atoms with van der Waals surface area (Å²) in [5, 5.41) is 16.6. The summed E-state index contributed by atoms with van der Waals surface area (Å²) in [5.41, 5.74) is 6.26. The van der Waals surface area contributed by atoms with Crippen LogP contribution in [0, 0.1) is 0 Å². The highest BCUT2D eigenvalue weighted by Crippen LogP contribution is 2.05. The van der Waals surface area contributed by atoms with Crippen LogP contribution in [0.5, 0.6) is 0 Å². The van der Waals surface area contributed by atoms with Crippen LogP contribution >= 0.6 is 0 Å². The number of benzene rings is 1. The fraction of sp³-hybridized carbons (Fsp3) is 0.474. The second kappa shape index (κ2) is 11.0. The molecular formula is C19H28N4O5. The van der Waals surface area contributed by atoms with Gasteiger partial charge in [-0.1, -0.05) is 37.3 Å². The van der Waals surface area contributed by atoms with E-state index < -0.39 is 47.9 Å². The SMILES string of the molecule is CC[C@H](NC(=O)[C@H](Cc1ccccc1)NC(=O)[C@H](C)NC(=O)[C@H](C)N)C(=O)O. The van der Waals surface area contributed by atoms with Gasteiger partial charge in [-0.15, -0.1) is 0 Å². The van der Waals surface area contributed by atoms with Crippen molar-refractivity contribution in [2.24, 2.45) is 5.73 Å². The molecule has 0 radical (unpaired) electrons. The van der Waals surface area contributed by atoms with Gasteiger partial charge >= 0.3 is 5.97 Å². The van der Waals surface area contributed by atoms with Crippen LogP contribution < -0.4 is 21.7 Å². The van der Waals surface area contributed by atoms with Crippen molar-refractivity contribution in [3.63, 3.8) is 0 Å². The van der Waals surface area contributed by atoms with Gasteiger partial charge in [-0.3, -0.25) is 14.4 Å². The smallest absolute Gasteiger partial charge is 0.326 e. The quantitative estimate of drug-likeness (QED) is 0.364. The van der Waals surface area contributed by atoms with Gasteiger partial charge in [-0.25, -0.2) is 4.79 Å². The number of nitrogens with two attached hydrogens (primary N) is 1. The number of rotatable bonds is 10. The van der Waals surface area contributed by atoms with E-state index in [4.69, 9.17) is 10.8 Å². The van der Waals surface area contributed by atoms with E-state index in [1.165, 1.54) is 13.8 Å². The molecule has 1 aromatic carbocycles. The molecule has 0 spiro atoms. The number of hydrogen-bond acceptors (Lipinski definition) is 5. The molecule has 28 heavy (non-hydrogen) atoms. The average Bonchev–Trinajstić information content (AvgIpc) is 2.65. The van der Waals surface area contributed by atoms with Crippen LogP contribution in [-0.2, 0) is 25.6 Å². The van der Waals surface area contributed by atoms with Gasteiger partial charge in [0.1, 0.15) is 18.1 Å². The summed E-state index contributed by atoms with van der Waals surface area (Å²) >= 11 is 0. The van der Waals surface area contributed by atoms with E-state index >= 15 is 0 Å². The van der Waals surface area contributed by atoms with Crippen LogP contribution in [0.25, 0.3) is 0 Å². The van der Waals surface area contributed by atoms with E-state index in [0.717, 1.165) is 5.56 Å². The van der Waals surface area contributed by atoms with Gasteiger partial charge in [0.2, 0.25) is 17.7 Å². The number of carbonyl (C=O) groups excluding carboxylic acids is 3. The summed E-state index contributed by atoms with van der Waals surface area (Å²) in [7, 11) is 0. The zero-order valence-electron chi connectivity index (χ0n) is 16.3. The summed E-state index contributed by atoms with van der Waals surface area (Å²) in [5.74, 6) is -2.84. The molecule has 1 aromatic rings. The third-order valence-electron chi connectivity index (χ3n) is 4.10. The van der Waals surface area contributed by atoms with Gasteiger partial charge in [-0.05, 0) is 25.8 Å². The molecule has 1 rings (SSSR count). The van der Waals surface area contributed by atoms with Gasteiger partial charge in [-0.2, -0.15) is 0 Å². The van der Waals surface area contributed by atoms with Crippen LogP contribution in [0.3, 0.4) is 0 Å². The lowest BCUT2D eigenvalue weighted by molar-refractivity contribution is -0.142. The Hall–Kier alpha value is -2.94. The summed E-state index contributed by atoms with van der Waals surface area (Å²) in [6, 6.07) is 5.25. The predicted octanol–water partition coefficient (Wildman–Crippen LogP) is -0.455. The van der Waals surface area contributed by atoms with E-state index in [9.17, 15) is 19.2 Å². The first-order valence-electron chi connectivity index (χ1n) is 9.09. The molecule has 0 aromatic heterocycles.